The van der Waals surface area contributed by atoms with Crippen LogP contribution in [0.1, 0.15) is 12.8 Å². The maximum Gasteiger partial charge on any atom is 0.396 e. The molecule has 1 N–H and O–H groups in total. The number of ether oxygens (including phenoxy) is 2. The third-order valence-corrected chi connectivity index (χ3v) is 2.87. The highest BCUT2D eigenvalue weighted by Crippen LogP contribution is 2.22. The maximum atomic E-state index is 11.4. The van der Waals surface area contributed by atoms with Crippen molar-refractivity contribution >= 4 is 11.9 Å². The van der Waals surface area contributed by atoms with Crippen LogP contribution in [0.3, 0.4) is 0 Å². The summed E-state index contributed by atoms with van der Waals surface area (Å²) in [5, 5.41) is 10.3. The van der Waals surface area contributed by atoms with Gasteiger partial charge >= 0.3 is 11.9 Å². The Labute approximate surface area is 132 Å². The van der Waals surface area contributed by atoms with Gasteiger partial charge in [-0.05, 0) is 25.1 Å². The lowest BCUT2D eigenvalue weighted by Gasteiger charge is -2.02. The lowest BCUT2D eigenvalue weighted by Crippen LogP contribution is -2.33. The van der Waals surface area contributed by atoms with Crippen LogP contribution in [0.25, 0.3) is 11.5 Å². The molecule has 8 heteroatoms. The molecule has 0 spiro atoms. The quantitative estimate of drug-likeness (QED) is 0.625. The van der Waals surface area contributed by atoms with Crippen molar-refractivity contribution in [3.8, 4) is 17.2 Å². The minimum atomic E-state index is -0.907. The van der Waals surface area contributed by atoms with Gasteiger partial charge in [0, 0.05) is 18.5 Å². The second-order valence-corrected chi connectivity index (χ2v) is 4.46. The van der Waals surface area contributed by atoms with Crippen LogP contribution >= 0.6 is 0 Å². The number of aromatic nitrogens is 2. The first kappa shape index (κ1) is 16.5. The van der Waals surface area contributed by atoms with Crippen LogP contribution in [0.5, 0.6) is 5.75 Å². The summed E-state index contributed by atoms with van der Waals surface area (Å²) in [6.07, 6.45) is 0.308. The lowest BCUT2D eigenvalue weighted by molar-refractivity contribution is -0.154. The molecule has 0 aliphatic rings. The minimum Gasteiger partial charge on any atom is -0.497 e. The lowest BCUT2D eigenvalue weighted by atomic mass is 10.2. The molecule has 122 valence electrons. The summed E-state index contributed by atoms with van der Waals surface area (Å²) in [7, 11) is 1.57. The van der Waals surface area contributed by atoms with Crippen molar-refractivity contribution in [2.75, 3.05) is 20.3 Å². The highest BCUT2D eigenvalue weighted by molar-refractivity contribution is 6.32. The summed E-state index contributed by atoms with van der Waals surface area (Å²) in [5.74, 6) is -0.305. The third-order valence-electron chi connectivity index (χ3n) is 2.87. The Kier molecular flexibility index (Phi) is 5.67. The molecular weight excluding hydrogens is 302 g/mol. The molecule has 0 bridgehead atoms. The summed E-state index contributed by atoms with van der Waals surface area (Å²) in [6, 6.07) is 7.23. The fourth-order valence-corrected chi connectivity index (χ4v) is 1.78. The molecule has 0 aliphatic heterocycles. The van der Waals surface area contributed by atoms with E-state index in [4.69, 9.17) is 9.15 Å². The molecule has 8 nitrogen and oxygen atoms in total. The van der Waals surface area contributed by atoms with E-state index in [1.807, 2.05) is 18.2 Å². The first-order valence-corrected chi connectivity index (χ1v) is 7.05. The highest BCUT2D eigenvalue weighted by atomic mass is 16.5. The molecule has 0 fully saturated rings. The molecular formula is C15H17N3O5. The van der Waals surface area contributed by atoms with Crippen LogP contribution < -0.4 is 10.1 Å². The fourth-order valence-electron chi connectivity index (χ4n) is 1.78. The summed E-state index contributed by atoms with van der Waals surface area (Å²) < 4.78 is 15.2. The molecule has 0 saturated carbocycles. The molecule has 1 aromatic heterocycles. The number of rotatable bonds is 6. The number of esters is 1. The smallest absolute Gasteiger partial charge is 0.396 e. The molecule has 0 aliphatic carbocycles. The van der Waals surface area contributed by atoms with E-state index in [2.05, 4.69) is 20.3 Å². The molecule has 1 aromatic carbocycles. The van der Waals surface area contributed by atoms with Crippen LogP contribution in [0, 0.1) is 0 Å². The number of amides is 1. The van der Waals surface area contributed by atoms with E-state index >= 15 is 0 Å². The SMILES string of the molecule is CCOC(=O)C(=O)NCCc1nnc(-c2cccc(OC)c2)o1. The number of methoxy groups -OCH3 is 1. The fraction of sp³-hybridized carbons (Fsp3) is 0.333. The van der Waals surface area contributed by atoms with Crippen LogP contribution in [-0.4, -0.2) is 42.3 Å². The van der Waals surface area contributed by atoms with Crippen molar-refractivity contribution in [2.45, 2.75) is 13.3 Å². The molecule has 2 rings (SSSR count). The average molecular weight is 319 g/mol. The van der Waals surface area contributed by atoms with Crippen LogP contribution in [0.4, 0.5) is 0 Å². The normalized spacial score (nSPS) is 10.2. The molecule has 0 unspecified atom stereocenters. The second kappa shape index (κ2) is 7.92. The largest absolute Gasteiger partial charge is 0.497 e. The van der Waals surface area contributed by atoms with E-state index in [0.29, 0.717) is 24.0 Å². The molecule has 23 heavy (non-hydrogen) atoms. The average Bonchev–Trinajstić information content (AvgIpc) is 3.04. The standard InChI is InChI=1S/C15H17N3O5/c1-3-22-15(20)13(19)16-8-7-12-17-18-14(23-12)10-5-4-6-11(9-10)21-2/h4-6,9H,3,7-8H2,1-2H3,(H,16,19). The Hall–Kier alpha value is -2.90. The van der Waals surface area contributed by atoms with Gasteiger partial charge in [-0.15, -0.1) is 10.2 Å². The maximum absolute atomic E-state index is 11.4. The Morgan fingerprint density at radius 3 is 2.87 bits per heavy atom. The molecule has 0 saturated heterocycles. The monoisotopic (exact) mass is 319 g/mol. The molecule has 0 radical (unpaired) electrons. The van der Waals surface area contributed by atoms with E-state index in [9.17, 15) is 9.59 Å². The number of benzene rings is 1. The zero-order valence-corrected chi connectivity index (χ0v) is 12.9. The van der Waals surface area contributed by atoms with Gasteiger partial charge in [0.1, 0.15) is 5.75 Å². The van der Waals surface area contributed by atoms with E-state index < -0.39 is 11.9 Å². The second-order valence-electron chi connectivity index (χ2n) is 4.46. The van der Waals surface area contributed by atoms with Gasteiger partial charge in [-0.1, -0.05) is 6.07 Å². The van der Waals surface area contributed by atoms with Crippen molar-refractivity contribution in [2.24, 2.45) is 0 Å². The Morgan fingerprint density at radius 1 is 1.30 bits per heavy atom. The van der Waals surface area contributed by atoms with E-state index in [1.54, 1.807) is 20.1 Å². The zero-order chi connectivity index (χ0) is 16.7. The summed E-state index contributed by atoms with van der Waals surface area (Å²) >= 11 is 0. The molecule has 2 aromatic rings. The van der Waals surface area contributed by atoms with Crippen molar-refractivity contribution < 1.29 is 23.5 Å². The van der Waals surface area contributed by atoms with E-state index in [1.165, 1.54) is 0 Å². The predicted molar refractivity (Wildman–Crippen MR) is 79.6 cm³/mol. The number of nitrogens with one attached hydrogen (secondary N) is 1. The molecule has 1 amide bonds. The first-order valence-electron chi connectivity index (χ1n) is 7.05. The molecule has 1 heterocycles. The number of nitrogens with zero attached hydrogens (tertiary/aromatic N) is 2. The van der Waals surface area contributed by atoms with Gasteiger partial charge in [-0.2, -0.15) is 0 Å². The van der Waals surface area contributed by atoms with Crippen LogP contribution in [0.2, 0.25) is 0 Å². The van der Waals surface area contributed by atoms with E-state index in [0.717, 1.165) is 5.56 Å². The van der Waals surface area contributed by atoms with Crippen LogP contribution in [0.15, 0.2) is 28.7 Å². The number of hydrogen-bond donors (Lipinski definition) is 1. The van der Waals surface area contributed by atoms with Gasteiger partial charge in [0.05, 0.1) is 13.7 Å². The number of carbonyl (C=O) groups excluding carboxylic acids is 2. The minimum absolute atomic E-state index is 0.153. The van der Waals surface area contributed by atoms with Crippen LogP contribution in [-0.2, 0) is 20.7 Å². The number of carbonyl (C=O) groups is 2. The van der Waals surface area contributed by atoms with Gasteiger partial charge in [-0.25, -0.2) is 4.79 Å². The zero-order valence-electron chi connectivity index (χ0n) is 12.9. The van der Waals surface area contributed by atoms with Gasteiger partial charge < -0.3 is 19.2 Å². The van der Waals surface area contributed by atoms with Gasteiger partial charge in [0.15, 0.2) is 0 Å². The summed E-state index contributed by atoms with van der Waals surface area (Å²) in [4.78, 5) is 22.5. The van der Waals surface area contributed by atoms with Gasteiger partial charge in [-0.3, -0.25) is 4.79 Å². The van der Waals surface area contributed by atoms with Crippen molar-refractivity contribution in [1.82, 2.24) is 15.5 Å². The van der Waals surface area contributed by atoms with Crippen molar-refractivity contribution in [3.05, 3.63) is 30.2 Å². The summed E-state index contributed by atoms with van der Waals surface area (Å²) in [5.41, 5.74) is 0.735. The Balaban J connectivity index is 1.90. The van der Waals surface area contributed by atoms with Gasteiger partial charge in [0.25, 0.3) is 0 Å². The number of hydrogen-bond acceptors (Lipinski definition) is 7. The first-order chi connectivity index (χ1) is 11.1. The van der Waals surface area contributed by atoms with Gasteiger partial charge in [0.2, 0.25) is 11.8 Å². The Bertz CT molecular complexity index is 683. The van der Waals surface area contributed by atoms with Crippen molar-refractivity contribution in [3.63, 3.8) is 0 Å². The highest BCUT2D eigenvalue weighted by Gasteiger charge is 2.14. The molecule has 0 atom stereocenters. The van der Waals surface area contributed by atoms with E-state index in [-0.39, 0.29) is 13.2 Å². The topological polar surface area (TPSA) is 104 Å². The summed E-state index contributed by atoms with van der Waals surface area (Å²) in [6.45, 7) is 1.97. The van der Waals surface area contributed by atoms with Crippen molar-refractivity contribution in [1.29, 1.82) is 0 Å². The predicted octanol–water partition coefficient (Wildman–Crippen LogP) is 0.967. The Morgan fingerprint density at radius 2 is 2.13 bits per heavy atom. The third kappa shape index (κ3) is 4.53.